The molecule has 3 aromatic heterocycles. The van der Waals surface area contributed by atoms with Crippen LogP contribution in [-0.2, 0) is 19.6 Å². The Morgan fingerprint density at radius 1 is 0.429 bits per heavy atom. The van der Waals surface area contributed by atoms with E-state index in [9.17, 15) is 46.3 Å². The van der Waals surface area contributed by atoms with Crippen LogP contribution < -0.4 is 50.4 Å². The number of carbonyl (C=O) groups is 6. The second-order valence-corrected chi connectivity index (χ2v) is 24.1. The van der Waals surface area contributed by atoms with Crippen LogP contribution in [0.5, 0.6) is 0 Å². The zero-order valence-corrected chi connectivity index (χ0v) is 55.5. The maximum absolute atomic E-state index is 14.9. The molecule has 2 unspecified atom stereocenters. The second-order valence-electron chi connectivity index (χ2n) is 24.1. The van der Waals surface area contributed by atoms with E-state index in [2.05, 4.69) is 31.2 Å². The Balaban J connectivity index is 0.000000188. The molecule has 15 N–H and O–H groups in total. The quantitative estimate of drug-likeness (QED) is 0.0322. The monoisotopic (exact) mass is 1340 g/mol. The number of aryl methyl sites for hydroxylation is 3. The van der Waals surface area contributed by atoms with Gasteiger partial charge in [0.25, 0.3) is 35.4 Å². The summed E-state index contributed by atoms with van der Waals surface area (Å²) in [5.41, 5.74) is 43.7. The largest absolute Gasteiger partial charge is 0.383 e. The molecule has 0 radical (unpaired) electrons. The molecule has 10 aromatic rings. The number of amides is 6. The molecule has 6 amide bonds. The smallest absolute Gasteiger partial charge is 0.254 e. The molecule has 7 aromatic carbocycles. The van der Waals surface area contributed by atoms with Crippen LogP contribution in [0.4, 0.5) is 35.0 Å². The van der Waals surface area contributed by atoms with E-state index in [0.717, 1.165) is 22.8 Å². The molecule has 508 valence electrons. The summed E-state index contributed by atoms with van der Waals surface area (Å²) in [5, 5.41) is 21.7. The van der Waals surface area contributed by atoms with E-state index < -0.39 is 46.9 Å². The van der Waals surface area contributed by atoms with Crippen LogP contribution in [0.1, 0.15) is 161 Å². The van der Waals surface area contributed by atoms with Crippen molar-refractivity contribution in [1.82, 2.24) is 45.3 Å². The molecule has 0 spiro atoms. The molecule has 25 heteroatoms. The molecular weight excluding hydrogens is 1260 g/mol. The van der Waals surface area contributed by atoms with E-state index in [1.165, 1.54) is 53.2 Å². The average molecular weight is 1340 g/mol. The van der Waals surface area contributed by atoms with Crippen molar-refractivity contribution >= 4 is 52.9 Å². The Morgan fingerprint density at radius 3 is 1.17 bits per heavy atom. The first-order valence-corrected chi connectivity index (χ1v) is 31.1. The lowest BCUT2D eigenvalue weighted by atomic mass is 10.0. The number of rotatable bonds is 20. The summed E-state index contributed by atoms with van der Waals surface area (Å²) in [6.07, 6.45) is 0. The molecule has 10 rings (SSSR count). The molecule has 0 saturated carbocycles. The Labute approximate surface area is 563 Å². The molecule has 3 heterocycles. The van der Waals surface area contributed by atoms with Crippen LogP contribution >= 0.6 is 0 Å². The van der Waals surface area contributed by atoms with Crippen molar-refractivity contribution < 1.29 is 46.3 Å². The Kier molecular flexibility index (Phi) is 22.8. The number of hydrogen-bond acceptors (Lipinski definition) is 12. The van der Waals surface area contributed by atoms with E-state index in [1.807, 2.05) is 96.1 Å². The molecule has 0 aliphatic rings. The predicted molar refractivity (Wildman–Crippen MR) is 369 cm³/mol. The molecule has 98 heavy (non-hydrogen) atoms. The summed E-state index contributed by atoms with van der Waals surface area (Å²) in [7, 11) is 0. The van der Waals surface area contributed by atoms with Gasteiger partial charge in [0.2, 0.25) is 0 Å². The van der Waals surface area contributed by atoms with Gasteiger partial charge in [0.1, 0.15) is 74.5 Å². The first-order valence-electron chi connectivity index (χ1n) is 31.1. The van der Waals surface area contributed by atoms with E-state index in [1.54, 1.807) is 72.6 Å². The van der Waals surface area contributed by atoms with E-state index >= 15 is 0 Å². The Morgan fingerprint density at radius 2 is 0.786 bits per heavy atom. The fraction of sp³-hybridized carbons (Fsp3) is 0.219. The van der Waals surface area contributed by atoms with Crippen molar-refractivity contribution in [2.24, 2.45) is 23.1 Å². The van der Waals surface area contributed by atoms with Gasteiger partial charge in [-0.15, -0.1) is 0 Å². The van der Waals surface area contributed by atoms with E-state index in [-0.39, 0.29) is 106 Å². The SMILES string of the molecule is Cc1ccc(F)cc1C(=O)NCc1ccc(-c2nn(C(C)C(C)C)c(N)c2C(N)=O)cc1.Cc1ccc(F)cc1C(=O)NCc1ccc(-c2nn(C(C)C)c(N)c2C(N)=O)c(F)c1.Cc1ccc(F)cc1C(=O)NCc1ccc(-c2nn(C(C)c3ccccc3)c(N)c2C(N)=O)cc1. The summed E-state index contributed by atoms with van der Waals surface area (Å²) < 4.78 is 59.9. The number of nitrogen functional groups attached to an aromatic ring is 3. The van der Waals surface area contributed by atoms with Gasteiger partial charge in [0, 0.05) is 59.1 Å². The number of nitrogens with two attached hydrogens (primary N) is 6. The van der Waals surface area contributed by atoms with Crippen molar-refractivity contribution in [1.29, 1.82) is 0 Å². The number of anilines is 3. The first-order chi connectivity index (χ1) is 46.4. The van der Waals surface area contributed by atoms with Gasteiger partial charge in [0.05, 0.1) is 12.1 Å². The van der Waals surface area contributed by atoms with Gasteiger partial charge in [-0.05, 0) is 142 Å². The number of hydrogen-bond donors (Lipinski definition) is 9. The zero-order chi connectivity index (χ0) is 71.6. The highest BCUT2D eigenvalue weighted by Crippen LogP contribution is 2.35. The minimum absolute atomic E-state index is 0.0115. The highest BCUT2D eigenvalue weighted by atomic mass is 19.1. The number of carbonyl (C=O) groups excluding carboxylic acids is 6. The number of halogens is 4. The van der Waals surface area contributed by atoms with E-state index in [0.29, 0.717) is 55.9 Å². The summed E-state index contributed by atoms with van der Waals surface area (Å²) in [6.45, 7) is 17.4. The maximum Gasteiger partial charge on any atom is 0.254 e. The first kappa shape index (κ1) is 71.9. The number of nitrogens with one attached hydrogen (secondary N) is 3. The summed E-state index contributed by atoms with van der Waals surface area (Å²) >= 11 is 0. The highest BCUT2D eigenvalue weighted by molar-refractivity contribution is 6.05. The third kappa shape index (κ3) is 16.6. The lowest BCUT2D eigenvalue weighted by Crippen LogP contribution is -2.23. The third-order valence-corrected chi connectivity index (χ3v) is 16.5. The van der Waals surface area contributed by atoms with Gasteiger partial charge in [-0.25, -0.2) is 31.6 Å². The number of benzene rings is 7. The van der Waals surface area contributed by atoms with Crippen LogP contribution in [0.25, 0.3) is 33.8 Å². The van der Waals surface area contributed by atoms with Crippen molar-refractivity contribution in [2.75, 3.05) is 17.2 Å². The molecule has 0 aliphatic carbocycles. The second kappa shape index (κ2) is 31.1. The Bertz CT molecular complexity index is 4620. The predicted octanol–water partition coefficient (Wildman–Crippen LogP) is 11.4. The molecular formula is C73H77F4N15O6. The average Bonchev–Trinajstić information content (AvgIpc) is 1.64. The standard InChI is InChI=1S/C27H26FN5O2.C24H28FN5O2.C22H23F2N5O2/c1-16-8-13-21(28)14-22(16)27(35)31-15-18-9-11-20(12-10-18)24-23(26(30)34)25(29)33(32-24)17(2)19-6-4-3-5-7-19;1-13(2)15(4)30-22(26)20(23(27)31)21(29-30)17-8-6-16(7-9-17)12-28-24(32)19-11-18(25)10-5-14(19)3;1-11(2)29-20(25)18(21(26)30)19(28-29)15-7-5-13(8-17(15)24)10-27-22(31)16-9-14(23)6-4-12(16)3/h3-14,17H,15,29H2,1-2H3,(H2,30,34)(H,31,35);5-11,13,15H,12,26H2,1-4H3,(H2,27,31)(H,28,32);4-9,11H,10,25H2,1-3H3,(H2,26,30)(H,27,31). The zero-order valence-electron chi connectivity index (χ0n) is 55.5. The number of aromatic nitrogens is 6. The minimum Gasteiger partial charge on any atom is -0.383 e. The van der Waals surface area contributed by atoms with Crippen LogP contribution in [0.2, 0.25) is 0 Å². The van der Waals surface area contributed by atoms with Crippen LogP contribution in [0, 0.1) is 50.0 Å². The van der Waals surface area contributed by atoms with Crippen molar-refractivity contribution in [2.45, 2.75) is 100 Å². The van der Waals surface area contributed by atoms with Gasteiger partial charge in [0.15, 0.2) is 0 Å². The summed E-state index contributed by atoms with van der Waals surface area (Å²) in [6, 6.07) is 40.2. The van der Waals surface area contributed by atoms with Gasteiger partial charge < -0.3 is 50.4 Å². The van der Waals surface area contributed by atoms with Gasteiger partial charge in [-0.2, -0.15) is 15.3 Å². The number of nitrogens with zero attached hydrogens (tertiary/aromatic N) is 6. The van der Waals surface area contributed by atoms with Crippen molar-refractivity contribution in [3.8, 4) is 33.8 Å². The lowest BCUT2D eigenvalue weighted by molar-refractivity contribution is 0.0941. The minimum atomic E-state index is -0.805. The third-order valence-electron chi connectivity index (χ3n) is 16.5. The molecule has 2 atom stereocenters. The summed E-state index contributed by atoms with van der Waals surface area (Å²) in [5.74, 6) is -4.59. The fourth-order valence-electron chi connectivity index (χ4n) is 10.6. The normalized spacial score (nSPS) is 11.6. The maximum atomic E-state index is 14.9. The molecule has 0 aliphatic heterocycles. The molecule has 0 fully saturated rings. The van der Waals surface area contributed by atoms with Crippen LogP contribution in [0.3, 0.4) is 0 Å². The molecule has 0 bridgehead atoms. The van der Waals surface area contributed by atoms with E-state index in [4.69, 9.17) is 34.4 Å². The Hall–Kier alpha value is -11.9. The fourth-order valence-corrected chi connectivity index (χ4v) is 10.6. The van der Waals surface area contributed by atoms with Gasteiger partial charge in [-0.3, -0.25) is 28.8 Å². The van der Waals surface area contributed by atoms with Gasteiger partial charge in [-0.1, -0.05) is 117 Å². The molecule has 0 saturated heterocycles. The summed E-state index contributed by atoms with van der Waals surface area (Å²) in [4.78, 5) is 73.4. The van der Waals surface area contributed by atoms with Gasteiger partial charge >= 0.3 is 0 Å². The van der Waals surface area contributed by atoms with Crippen molar-refractivity contribution in [3.05, 3.63) is 247 Å². The topological polar surface area (TPSA) is 348 Å². The van der Waals surface area contributed by atoms with Crippen molar-refractivity contribution in [3.63, 3.8) is 0 Å². The van der Waals surface area contributed by atoms with Crippen LogP contribution in [0.15, 0.2) is 152 Å². The lowest BCUT2D eigenvalue weighted by Gasteiger charge is -2.17. The highest BCUT2D eigenvalue weighted by Gasteiger charge is 2.28. The van der Waals surface area contributed by atoms with Crippen LogP contribution in [-0.4, -0.2) is 64.8 Å². The number of primary amides is 3. The molecule has 21 nitrogen and oxygen atoms in total.